The van der Waals surface area contributed by atoms with Gasteiger partial charge >= 0.3 is 0 Å². The Kier molecular flexibility index (Phi) is 9.78. The summed E-state index contributed by atoms with van der Waals surface area (Å²) in [5.74, 6) is 0. The Bertz CT molecular complexity index is 271. The molecule has 3 heteroatoms. The molecule has 0 radical (unpaired) electrons. The van der Waals surface area contributed by atoms with Gasteiger partial charge in [0.05, 0.1) is 13.6 Å². The first-order valence-corrected chi connectivity index (χ1v) is 6.84. The van der Waals surface area contributed by atoms with Crippen molar-refractivity contribution in [1.29, 1.82) is 0 Å². The first-order chi connectivity index (χ1) is 7.83. The molecule has 1 rings (SSSR count). The highest BCUT2D eigenvalue weighted by atomic mass is 19.0. The third-order valence-electron chi connectivity index (χ3n) is 3.09. The highest BCUT2D eigenvalue weighted by molar-refractivity contribution is 4.65. The fourth-order valence-electron chi connectivity index (χ4n) is 2.06. The maximum Gasteiger partial charge on any atom is 0.243 e. The highest BCUT2D eigenvalue weighted by Crippen LogP contribution is 2.08. The number of unbranched alkanes of at least 4 members (excludes halogenated alkanes) is 7. The van der Waals surface area contributed by atoms with Crippen LogP contribution in [0.5, 0.6) is 0 Å². The zero-order valence-electron chi connectivity index (χ0n) is 11.4. The standard InChI is InChI=1S/C14H27N2.FH/c1-3-4-5-6-7-8-9-10-11-16-13-12-15(2)14-16;/h12-14H,3-11H2,1-2H3;1H/q+1;/p-1. The molecular weight excluding hydrogens is 215 g/mol. The first kappa shape index (κ1) is 16.1. The fraction of sp³-hybridized carbons (Fsp3) is 0.786. The normalized spacial score (nSPS) is 10.2. The molecule has 1 heterocycles. The molecule has 1 aromatic heterocycles. The van der Waals surface area contributed by atoms with Gasteiger partial charge in [0.25, 0.3) is 0 Å². The summed E-state index contributed by atoms with van der Waals surface area (Å²) in [6.45, 7) is 3.45. The van der Waals surface area contributed by atoms with Crippen molar-refractivity contribution in [2.75, 3.05) is 0 Å². The lowest BCUT2D eigenvalue weighted by Gasteiger charge is -2.00. The number of halogens is 1. The molecule has 0 saturated carbocycles. The number of nitrogens with zero attached hydrogens (tertiary/aromatic N) is 2. The van der Waals surface area contributed by atoms with Gasteiger partial charge in [-0.3, -0.25) is 0 Å². The van der Waals surface area contributed by atoms with Crippen LogP contribution in [-0.2, 0) is 13.6 Å². The quantitative estimate of drug-likeness (QED) is 0.439. The number of imidazole rings is 1. The first-order valence-electron chi connectivity index (χ1n) is 6.84. The molecule has 1 aromatic rings. The Balaban J connectivity index is 0.00000256. The summed E-state index contributed by atoms with van der Waals surface area (Å²) < 4.78 is 4.38. The van der Waals surface area contributed by atoms with E-state index in [1.807, 2.05) is 0 Å². The smallest absolute Gasteiger partial charge is 0.243 e. The van der Waals surface area contributed by atoms with Gasteiger partial charge in [-0.2, -0.15) is 0 Å². The number of rotatable bonds is 9. The molecule has 2 nitrogen and oxygen atoms in total. The predicted octanol–water partition coefficient (Wildman–Crippen LogP) is 0.457. The van der Waals surface area contributed by atoms with E-state index in [0.717, 1.165) is 0 Å². The summed E-state index contributed by atoms with van der Waals surface area (Å²) in [7, 11) is 2.07. The highest BCUT2D eigenvalue weighted by Gasteiger charge is 1.98. The minimum atomic E-state index is 0. The van der Waals surface area contributed by atoms with Crippen molar-refractivity contribution in [2.24, 2.45) is 7.05 Å². The van der Waals surface area contributed by atoms with E-state index in [9.17, 15) is 0 Å². The topological polar surface area (TPSA) is 8.81 Å². The average molecular weight is 242 g/mol. The second-order valence-electron chi connectivity index (χ2n) is 4.79. The predicted molar refractivity (Wildman–Crippen MR) is 68.2 cm³/mol. The molecule has 0 amide bonds. The third-order valence-corrected chi connectivity index (χ3v) is 3.09. The van der Waals surface area contributed by atoms with E-state index in [0.29, 0.717) is 0 Å². The van der Waals surface area contributed by atoms with Crippen LogP contribution >= 0.6 is 0 Å². The maximum absolute atomic E-state index is 2.27. The molecule has 0 aliphatic carbocycles. The molecule has 0 spiro atoms. The second kappa shape index (κ2) is 10.3. The van der Waals surface area contributed by atoms with Crippen molar-refractivity contribution in [3.8, 4) is 0 Å². The summed E-state index contributed by atoms with van der Waals surface area (Å²) in [5, 5.41) is 0. The second-order valence-corrected chi connectivity index (χ2v) is 4.79. The van der Waals surface area contributed by atoms with Crippen molar-refractivity contribution >= 4 is 0 Å². The van der Waals surface area contributed by atoms with Crippen LogP contribution in [0, 0.1) is 0 Å². The molecule has 100 valence electrons. The molecule has 0 fully saturated rings. The van der Waals surface area contributed by atoms with Gasteiger partial charge < -0.3 is 4.70 Å². The molecule has 0 saturated heterocycles. The largest absolute Gasteiger partial charge is 1.00 e. The van der Waals surface area contributed by atoms with Crippen LogP contribution in [0.4, 0.5) is 0 Å². The van der Waals surface area contributed by atoms with Crippen molar-refractivity contribution < 1.29 is 9.27 Å². The van der Waals surface area contributed by atoms with E-state index in [4.69, 9.17) is 0 Å². The summed E-state index contributed by atoms with van der Waals surface area (Å²) in [6.07, 6.45) is 17.6. The molecule has 0 unspecified atom stereocenters. The number of aryl methyl sites for hydroxylation is 2. The summed E-state index contributed by atoms with van der Waals surface area (Å²) >= 11 is 0. The average Bonchev–Trinajstić information content (AvgIpc) is 2.68. The van der Waals surface area contributed by atoms with E-state index in [2.05, 4.69) is 41.8 Å². The molecule has 0 bridgehead atoms. The van der Waals surface area contributed by atoms with Gasteiger partial charge in [0, 0.05) is 0 Å². The van der Waals surface area contributed by atoms with E-state index in [1.165, 1.54) is 57.9 Å². The minimum absolute atomic E-state index is 0. The Morgan fingerprint density at radius 3 is 2.06 bits per heavy atom. The summed E-state index contributed by atoms with van der Waals surface area (Å²) in [6, 6.07) is 0. The molecule has 0 aromatic carbocycles. The molecule has 17 heavy (non-hydrogen) atoms. The lowest BCUT2D eigenvalue weighted by atomic mass is 10.1. The van der Waals surface area contributed by atoms with Crippen LogP contribution in [0.3, 0.4) is 0 Å². The fourth-order valence-corrected chi connectivity index (χ4v) is 2.06. The maximum atomic E-state index is 2.27. The zero-order valence-corrected chi connectivity index (χ0v) is 11.4. The Morgan fingerprint density at radius 1 is 0.941 bits per heavy atom. The summed E-state index contributed by atoms with van der Waals surface area (Å²) in [4.78, 5) is 0. The van der Waals surface area contributed by atoms with Gasteiger partial charge in [-0.15, -0.1) is 0 Å². The molecule has 0 N–H and O–H groups in total. The third kappa shape index (κ3) is 7.94. The van der Waals surface area contributed by atoms with Crippen molar-refractivity contribution in [3.05, 3.63) is 18.7 Å². The van der Waals surface area contributed by atoms with Crippen LogP contribution in [0.1, 0.15) is 58.3 Å². The van der Waals surface area contributed by atoms with E-state index in [1.54, 1.807) is 0 Å². The SMILES string of the molecule is CCCCCCCCCCn1cc[n+](C)c1.[F-]. The van der Waals surface area contributed by atoms with Crippen molar-refractivity contribution in [3.63, 3.8) is 0 Å². The van der Waals surface area contributed by atoms with Gasteiger partial charge in [0.15, 0.2) is 0 Å². The lowest BCUT2D eigenvalue weighted by Crippen LogP contribution is -3.00. The van der Waals surface area contributed by atoms with E-state index in [-0.39, 0.29) is 4.70 Å². The lowest BCUT2D eigenvalue weighted by molar-refractivity contribution is -0.671. The van der Waals surface area contributed by atoms with E-state index >= 15 is 0 Å². The monoisotopic (exact) mass is 242 g/mol. The van der Waals surface area contributed by atoms with Crippen molar-refractivity contribution in [2.45, 2.75) is 64.8 Å². The Hall–Kier alpha value is -0.860. The number of aromatic nitrogens is 2. The van der Waals surface area contributed by atoms with Gasteiger partial charge in [-0.25, -0.2) is 9.13 Å². The molecule has 0 aliphatic rings. The van der Waals surface area contributed by atoms with Gasteiger partial charge in [-0.1, -0.05) is 45.4 Å². The number of hydrogen-bond donors (Lipinski definition) is 0. The number of hydrogen-bond acceptors (Lipinski definition) is 0. The van der Waals surface area contributed by atoms with Crippen LogP contribution in [0.25, 0.3) is 0 Å². The Morgan fingerprint density at radius 2 is 1.53 bits per heavy atom. The van der Waals surface area contributed by atoms with Crippen molar-refractivity contribution in [1.82, 2.24) is 4.57 Å². The molecule has 0 aliphatic heterocycles. The zero-order chi connectivity index (χ0) is 11.6. The van der Waals surface area contributed by atoms with E-state index < -0.39 is 0 Å². The minimum Gasteiger partial charge on any atom is -1.00 e. The van der Waals surface area contributed by atoms with Gasteiger partial charge in [0.2, 0.25) is 6.33 Å². The molecule has 0 atom stereocenters. The van der Waals surface area contributed by atoms with Crippen LogP contribution in [0.2, 0.25) is 0 Å². The Labute approximate surface area is 105 Å². The van der Waals surface area contributed by atoms with Crippen LogP contribution < -0.4 is 9.27 Å². The summed E-state index contributed by atoms with van der Waals surface area (Å²) in [5.41, 5.74) is 0. The van der Waals surface area contributed by atoms with Gasteiger partial charge in [-0.05, 0) is 12.8 Å². The van der Waals surface area contributed by atoms with Crippen LogP contribution in [0.15, 0.2) is 18.7 Å². The molecular formula is C14H27FN2. The van der Waals surface area contributed by atoms with Crippen LogP contribution in [-0.4, -0.2) is 4.57 Å². The van der Waals surface area contributed by atoms with Gasteiger partial charge in [0.1, 0.15) is 12.4 Å².